The van der Waals surface area contributed by atoms with Crippen LogP contribution in [0, 0.1) is 0 Å². The largest absolute Gasteiger partial charge is 0.310 e. The molecule has 10 rings (SSSR count). The predicted octanol–water partition coefficient (Wildman–Crippen LogP) is 13.9. The van der Waals surface area contributed by atoms with Gasteiger partial charge in [-0.2, -0.15) is 0 Å². The highest BCUT2D eigenvalue weighted by molar-refractivity contribution is 6.19. The number of hydrogen-bond donors (Lipinski definition) is 0. The highest BCUT2D eigenvalue weighted by Crippen LogP contribution is 2.42. The number of aromatic nitrogens is 1. The Morgan fingerprint density at radius 3 is 1.65 bits per heavy atom. The van der Waals surface area contributed by atoms with Crippen molar-refractivity contribution in [2.75, 3.05) is 4.90 Å². The van der Waals surface area contributed by atoms with E-state index in [2.05, 4.69) is 216 Å². The molecule has 0 aliphatic heterocycles. The molecule has 0 bridgehead atoms. The third kappa shape index (κ3) is 5.04. The van der Waals surface area contributed by atoms with Crippen LogP contribution >= 0.6 is 0 Å². The smallest absolute Gasteiger partial charge is 0.0620 e. The SMILES string of the molecule is c1ccc(-c2ccc(N(c3ccc(-c4cccc5ccccc45)cc3)c3ccc4ccc5c6ccccc6n(-c6ccccc6)c5c4c3)cc2)cc1. The molecule has 0 N–H and O–H groups in total. The van der Waals surface area contributed by atoms with Gasteiger partial charge in [-0.05, 0) is 93.0 Å². The number of anilines is 3. The molecule has 0 aliphatic rings. The number of rotatable bonds is 6. The molecule has 0 atom stereocenters. The van der Waals surface area contributed by atoms with Crippen LogP contribution in [-0.2, 0) is 0 Å². The number of nitrogens with zero attached hydrogens (tertiary/aromatic N) is 2. The molecular weight excluding hydrogens is 629 g/mol. The van der Waals surface area contributed by atoms with Crippen molar-refractivity contribution in [2.45, 2.75) is 0 Å². The molecule has 10 aromatic rings. The maximum Gasteiger partial charge on any atom is 0.0620 e. The van der Waals surface area contributed by atoms with Gasteiger partial charge < -0.3 is 9.47 Å². The summed E-state index contributed by atoms with van der Waals surface area (Å²) >= 11 is 0. The lowest BCUT2D eigenvalue weighted by atomic mass is 9.98. The molecule has 0 aliphatic carbocycles. The number of fused-ring (bicyclic) bond motifs is 6. The standard InChI is InChI=1S/C50H34N2/c1-3-12-35(13-4-1)36-22-28-41(29-23-36)51(42-30-24-38(25-31-42)45-20-11-15-37-14-7-8-18-44(37)45)43-32-26-39-27-33-47-46-19-9-10-21-49(46)52(50(47)48(39)34-43)40-16-5-2-6-17-40/h1-34H. The molecule has 0 amide bonds. The quantitative estimate of drug-likeness (QED) is 0.172. The van der Waals surface area contributed by atoms with Crippen molar-refractivity contribution in [3.05, 3.63) is 206 Å². The monoisotopic (exact) mass is 662 g/mol. The zero-order valence-corrected chi connectivity index (χ0v) is 28.5. The fraction of sp³-hybridized carbons (Fsp3) is 0. The van der Waals surface area contributed by atoms with Crippen molar-refractivity contribution in [3.63, 3.8) is 0 Å². The molecule has 0 saturated heterocycles. The van der Waals surface area contributed by atoms with Gasteiger partial charge in [-0.25, -0.2) is 0 Å². The minimum atomic E-state index is 1.10. The van der Waals surface area contributed by atoms with E-state index in [9.17, 15) is 0 Å². The van der Waals surface area contributed by atoms with Crippen LogP contribution < -0.4 is 4.90 Å². The average molecular weight is 663 g/mol. The molecule has 0 fully saturated rings. The molecular formula is C50H34N2. The van der Waals surface area contributed by atoms with Gasteiger partial charge in [0.2, 0.25) is 0 Å². The Hall–Kier alpha value is -6.90. The first-order chi connectivity index (χ1) is 25.8. The maximum absolute atomic E-state index is 2.43. The van der Waals surface area contributed by atoms with E-state index >= 15 is 0 Å². The van der Waals surface area contributed by atoms with Crippen molar-refractivity contribution >= 4 is 60.4 Å². The number of para-hydroxylation sites is 2. The van der Waals surface area contributed by atoms with Crippen LogP contribution in [0.3, 0.4) is 0 Å². The molecule has 2 heteroatoms. The number of hydrogen-bond acceptors (Lipinski definition) is 1. The van der Waals surface area contributed by atoms with E-state index in [0.717, 1.165) is 22.7 Å². The summed E-state index contributed by atoms with van der Waals surface area (Å²) in [7, 11) is 0. The summed E-state index contributed by atoms with van der Waals surface area (Å²) in [5.41, 5.74) is 11.7. The second-order valence-corrected chi connectivity index (χ2v) is 13.4. The zero-order valence-electron chi connectivity index (χ0n) is 28.5. The van der Waals surface area contributed by atoms with Crippen LogP contribution in [0.25, 0.3) is 71.3 Å². The summed E-state index contributed by atoms with van der Waals surface area (Å²) in [6, 6.07) is 74.7. The minimum Gasteiger partial charge on any atom is -0.310 e. The highest BCUT2D eigenvalue weighted by atomic mass is 15.1. The Morgan fingerprint density at radius 2 is 0.885 bits per heavy atom. The van der Waals surface area contributed by atoms with Crippen molar-refractivity contribution < 1.29 is 0 Å². The lowest BCUT2D eigenvalue weighted by Gasteiger charge is -2.26. The lowest BCUT2D eigenvalue weighted by molar-refractivity contribution is 1.19. The Kier molecular flexibility index (Phi) is 7.18. The van der Waals surface area contributed by atoms with Gasteiger partial charge in [-0.3, -0.25) is 0 Å². The average Bonchev–Trinajstić information content (AvgIpc) is 3.57. The molecule has 0 spiro atoms. The summed E-state index contributed by atoms with van der Waals surface area (Å²) < 4.78 is 2.43. The normalized spacial score (nSPS) is 11.5. The van der Waals surface area contributed by atoms with E-state index in [1.54, 1.807) is 0 Å². The Bertz CT molecular complexity index is 2860. The van der Waals surface area contributed by atoms with Crippen molar-refractivity contribution in [2.24, 2.45) is 0 Å². The summed E-state index contributed by atoms with van der Waals surface area (Å²) in [4.78, 5) is 2.38. The number of benzene rings is 9. The Balaban J connectivity index is 1.17. The van der Waals surface area contributed by atoms with Gasteiger partial charge in [-0.15, -0.1) is 0 Å². The fourth-order valence-corrected chi connectivity index (χ4v) is 7.90. The van der Waals surface area contributed by atoms with Crippen molar-refractivity contribution in [1.82, 2.24) is 4.57 Å². The molecule has 52 heavy (non-hydrogen) atoms. The van der Waals surface area contributed by atoms with E-state index in [1.165, 1.54) is 65.6 Å². The van der Waals surface area contributed by atoms with Gasteiger partial charge in [0.25, 0.3) is 0 Å². The second kappa shape index (κ2) is 12.5. The molecule has 1 aromatic heterocycles. The third-order valence-electron chi connectivity index (χ3n) is 10.4. The van der Waals surface area contributed by atoms with Gasteiger partial charge in [0.15, 0.2) is 0 Å². The van der Waals surface area contributed by atoms with Gasteiger partial charge >= 0.3 is 0 Å². The second-order valence-electron chi connectivity index (χ2n) is 13.4. The Morgan fingerprint density at radius 1 is 0.327 bits per heavy atom. The van der Waals surface area contributed by atoms with E-state index < -0.39 is 0 Å². The molecule has 244 valence electrons. The summed E-state index contributed by atoms with van der Waals surface area (Å²) in [6.45, 7) is 0. The van der Waals surface area contributed by atoms with Gasteiger partial charge in [-0.1, -0.05) is 152 Å². The lowest BCUT2D eigenvalue weighted by Crippen LogP contribution is -2.10. The van der Waals surface area contributed by atoms with Crippen molar-refractivity contribution in [1.29, 1.82) is 0 Å². The summed E-state index contributed by atoms with van der Waals surface area (Å²) in [6.07, 6.45) is 0. The molecule has 1 heterocycles. The molecule has 2 nitrogen and oxygen atoms in total. The molecule has 0 radical (unpaired) electrons. The zero-order chi connectivity index (χ0) is 34.4. The van der Waals surface area contributed by atoms with Crippen LogP contribution in [0.2, 0.25) is 0 Å². The van der Waals surface area contributed by atoms with Gasteiger partial charge in [0.1, 0.15) is 0 Å². The molecule has 0 saturated carbocycles. The van der Waals surface area contributed by atoms with E-state index in [-0.39, 0.29) is 0 Å². The van der Waals surface area contributed by atoms with Crippen molar-refractivity contribution in [3.8, 4) is 27.9 Å². The first-order valence-corrected chi connectivity index (χ1v) is 17.9. The molecule has 9 aromatic carbocycles. The van der Waals surface area contributed by atoms with E-state index in [1.807, 2.05) is 0 Å². The topological polar surface area (TPSA) is 8.17 Å². The summed E-state index contributed by atoms with van der Waals surface area (Å²) in [5.74, 6) is 0. The van der Waals surface area contributed by atoms with Gasteiger partial charge in [0, 0.05) is 38.9 Å². The molecule has 0 unspecified atom stereocenters. The van der Waals surface area contributed by atoms with Crippen LogP contribution in [0.1, 0.15) is 0 Å². The van der Waals surface area contributed by atoms with Crippen LogP contribution in [0.4, 0.5) is 17.1 Å². The minimum absolute atomic E-state index is 1.10. The third-order valence-corrected chi connectivity index (χ3v) is 10.4. The summed E-state index contributed by atoms with van der Waals surface area (Å²) in [5, 5.41) is 7.45. The van der Waals surface area contributed by atoms with Gasteiger partial charge in [0.05, 0.1) is 11.0 Å². The van der Waals surface area contributed by atoms with E-state index in [4.69, 9.17) is 0 Å². The van der Waals surface area contributed by atoms with E-state index in [0.29, 0.717) is 0 Å². The van der Waals surface area contributed by atoms with Crippen LogP contribution in [0.15, 0.2) is 206 Å². The van der Waals surface area contributed by atoms with Crippen LogP contribution in [-0.4, -0.2) is 4.57 Å². The Labute approximate surface area is 303 Å². The predicted molar refractivity (Wildman–Crippen MR) is 221 cm³/mol. The fourth-order valence-electron chi connectivity index (χ4n) is 7.90. The highest BCUT2D eigenvalue weighted by Gasteiger charge is 2.18. The first kappa shape index (κ1) is 30.0. The first-order valence-electron chi connectivity index (χ1n) is 17.9. The maximum atomic E-state index is 2.43. The van der Waals surface area contributed by atoms with Crippen LogP contribution in [0.5, 0.6) is 0 Å².